The van der Waals surface area contributed by atoms with Gasteiger partial charge < -0.3 is 9.47 Å². The van der Waals surface area contributed by atoms with Crippen LogP contribution in [0.3, 0.4) is 0 Å². The van der Waals surface area contributed by atoms with Gasteiger partial charge in [-0.2, -0.15) is 0 Å². The summed E-state index contributed by atoms with van der Waals surface area (Å²) >= 11 is 0. The Hall–Kier alpha value is -1.58. The number of rotatable bonds is 4. The zero-order chi connectivity index (χ0) is 11.7. The maximum absolute atomic E-state index is 13.2. The minimum atomic E-state index is -0.495. The number of carbonyl (C=O) groups excluding carboxylic acids is 1. The van der Waals surface area contributed by atoms with Crippen molar-refractivity contribution in [1.29, 1.82) is 0 Å². The molecule has 2 rings (SSSR count). The van der Waals surface area contributed by atoms with Crippen LogP contribution in [-0.4, -0.2) is 19.0 Å². The third-order valence-corrected chi connectivity index (χ3v) is 2.43. The zero-order valence-corrected chi connectivity index (χ0v) is 9.25. The molecule has 0 heterocycles. The van der Waals surface area contributed by atoms with Crippen molar-refractivity contribution in [2.75, 3.05) is 7.11 Å². The zero-order valence-electron chi connectivity index (χ0n) is 9.25. The predicted octanol–water partition coefficient (Wildman–Crippen LogP) is 2.58. The molecular weight excluding hydrogens is 211 g/mol. The van der Waals surface area contributed by atoms with E-state index in [1.165, 1.54) is 26.2 Å². The monoisotopic (exact) mass is 224 g/mol. The Bertz CT molecular complexity index is 425. The lowest BCUT2D eigenvalue weighted by Gasteiger charge is -2.13. The highest BCUT2D eigenvalue weighted by atomic mass is 19.1. The second kappa shape index (κ2) is 4.12. The fraction of sp³-hybridized carbons (Fsp3) is 0.417. The summed E-state index contributed by atoms with van der Waals surface area (Å²) in [5.74, 6) is -0.0883. The summed E-state index contributed by atoms with van der Waals surface area (Å²) in [6.07, 6.45) is 2.08. The van der Waals surface area contributed by atoms with E-state index in [4.69, 9.17) is 9.47 Å². The third-order valence-electron chi connectivity index (χ3n) is 2.43. The summed E-state index contributed by atoms with van der Waals surface area (Å²) in [7, 11) is 1.43. The van der Waals surface area contributed by atoms with Gasteiger partial charge in [-0.25, -0.2) is 4.39 Å². The van der Waals surface area contributed by atoms with Crippen LogP contribution in [0, 0.1) is 5.82 Å². The normalized spacial score (nSPS) is 14.7. The lowest BCUT2D eigenvalue weighted by atomic mass is 10.1. The van der Waals surface area contributed by atoms with Crippen molar-refractivity contribution in [3.63, 3.8) is 0 Å². The van der Waals surface area contributed by atoms with Crippen LogP contribution in [0.2, 0.25) is 0 Å². The van der Waals surface area contributed by atoms with Crippen molar-refractivity contribution in [3.8, 4) is 11.5 Å². The fourth-order valence-corrected chi connectivity index (χ4v) is 1.46. The largest absolute Gasteiger partial charge is 0.493 e. The number of benzene rings is 1. The molecule has 4 heteroatoms. The summed E-state index contributed by atoms with van der Waals surface area (Å²) < 4.78 is 23.8. The molecule has 0 spiro atoms. The molecule has 0 amide bonds. The van der Waals surface area contributed by atoms with E-state index in [0.717, 1.165) is 12.8 Å². The molecule has 0 bridgehead atoms. The van der Waals surface area contributed by atoms with Crippen LogP contribution in [0.25, 0.3) is 0 Å². The van der Waals surface area contributed by atoms with Crippen molar-refractivity contribution in [2.45, 2.75) is 25.9 Å². The average molecular weight is 224 g/mol. The molecule has 0 N–H and O–H groups in total. The minimum absolute atomic E-state index is 0.137. The van der Waals surface area contributed by atoms with E-state index in [0.29, 0.717) is 5.75 Å². The van der Waals surface area contributed by atoms with Crippen LogP contribution >= 0.6 is 0 Å². The number of Topliss-reactive ketones (excluding diaryl/α,β-unsaturated/α-hetero) is 1. The molecule has 86 valence electrons. The van der Waals surface area contributed by atoms with Crippen molar-refractivity contribution in [2.24, 2.45) is 0 Å². The molecule has 1 saturated carbocycles. The Labute approximate surface area is 93.2 Å². The van der Waals surface area contributed by atoms with E-state index in [9.17, 15) is 9.18 Å². The molecule has 3 nitrogen and oxygen atoms in total. The first-order valence-corrected chi connectivity index (χ1v) is 5.17. The fourth-order valence-electron chi connectivity index (χ4n) is 1.46. The average Bonchev–Trinajstić information content (AvgIpc) is 3.03. The molecule has 16 heavy (non-hydrogen) atoms. The topological polar surface area (TPSA) is 35.5 Å². The van der Waals surface area contributed by atoms with Gasteiger partial charge in [-0.3, -0.25) is 4.79 Å². The molecule has 0 aromatic heterocycles. The predicted molar refractivity (Wildman–Crippen MR) is 56.6 cm³/mol. The Balaban J connectivity index is 2.45. The SMILES string of the molecule is COc1cc(F)cc(C(C)=O)c1OC1CC1. The number of hydrogen-bond donors (Lipinski definition) is 0. The molecule has 1 aliphatic carbocycles. The van der Waals surface area contributed by atoms with Gasteiger partial charge in [0, 0.05) is 6.07 Å². The maximum Gasteiger partial charge on any atom is 0.172 e. The smallest absolute Gasteiger partial charge is 0.172 e. The Morgan fingerprint density at radius 3 is 2.62 bits per heavy atom. The van der Waals surface area contributed by atoms with Gasteiger partial charge in [-0.15, -0.1) is 0 Å². The lowest BCUT2D eigenvalue weighted by Crippen LogP contribution is -2.05. The van der Waals surface area contributed by atoms with Gasteiger partial charge in [0.15, 0.2) is 17.3 Å². The van der Waals surface area contributed by atoms with Crippen molar-refractivity contribution in [1.82, 2.24) is 0 Å². The van der Waals surface area contributed by atoms with Crippen LogP contribution in [0.15, 0.2) is 12.1 Å². The molecule has 1 fully saturated rings. The Morgan fingerprint density at radius 1 is 1.44 bits per heavy atom. The number of hydrogen-bond acceptors (Lipinski definition) is 3. The first kappa shape index (κ1) is 10.9. The number of methoxy groups -OCH3 is 1. The van der Waals surface area contributed by atoms with Crippen molar-refractivity contribution in [3.05, 3.63) is 23.5 Å². The number of ketones is 1. The van der Waals surface area contributed by atoms with E-state index in [2.05, 4.69) is 0 Å². The van der Waals surface area contributed by atoms with Crippen LogP contribution in [0.5, 0.6) is 11.5 Å². The van der Waals surface area contributed by atoms with Gasteiger partial charge in [0.2, 0.25) is 0 Å². The minimum Gasteiger partial charge on any atom is -0.493 e. The van der Waals surface area contributed by atoms with E-state index in [-0.39, 0.29) is 23.2 Å². The number of carbonyl (C=O) groups is 1. The van der Waals surface area contributed by atoms with Gasteiger partial charge >= 0.3 is 0 Å². The van der Waals surface area contributed by atoms with Crippen molar-refractivity contribution >= 4 is 5.78 Å². The van der Waals surface area contributed by atoms with Crippen LogP contribution in [-0.2, 0) is 0 Å². The second-order valence-electron chi connectivity index (χ2n) is 3.86. The molecule has 0 saturated heterocycles. The van der Waals surface area contributed by atoms with E-state index >= 15 is 0 Å². The Kier molecular flexibility index (Phi) is 2.81. The van der Waals surface area contributed by atoms with E-state index < -0.39 is 5.82 Å². The molecule has 1 aromatic carbocycles. The standard InChI is InChI=1S/C12H13FO3/c1-7(14)10-5-8(13)6-11(15-2)12(10)16-9-3-4-9/h5-6,9H,3-4H2,1-2H3. The second-order valence-corrected chi connectivity index (χ2v) is 3.86. The van der Waals surface area contributed by atoms with Crippen LogP contribution in [0.4, 0.5) is 4.39 Å². The van der Waals surface area contributed by atoms with E-state index in [1.54, 1.807) is 0 Å². The highest BCUT2D eigenvalue weighted by molar-refractivity contribution is 5.97. The van der Waals surface area contributed by atoms with Crippen molar-refractivity contribution < 1.29 is 18.7 Å². The summed E-state index contributed by atoms with van der Waals surface area (Å²) in [6.45, 7) is 1.38. The van der Waals surface area contributed by atoms with Gasteiger partial charge in [0.25, 0.3) is 0 Å². The first-order valence-electron chi connectivity index (χ1n) is 5.17. The highest BCUT2D eigenvalue weighted by Crippen LogP contribution is 2.37. The van der Waals surface area contributed by atoms with E-state index in [1.807, 2.05) is 0 Å². The third kappa shape index (κ3) is 2.15. The lowest BCUT2D eigenvalue weighted by molar-refractivity contribution is 0.101. The molecular formula is C12H13FO3. The van der Waals surface area contributed by atoms with Gasteiger partial charge in [-0.05, 0) is 25.8 Å². The first-order chi connectivity index (χ1) is 7.61. The van der Waals surface area contributed by atoms with Gasteiger partial charge in [0.05, 0.1) is 18.8 Å². The molecule has 0 atom stereocenters. The van der Waals surface area contributed by atoms with Crippen LogP contribution in [0.1, 0.15) is 30.1 Å². The molecule has 0 unspecified atom stereocenters. The number of halogens is 1. The highest BCUT2D eigenvalue weighted by Gasteiger charge is 2.27. The molecule has 0 radical (unpaired) electrons. The summed E-state index contributed by atoms with van der Waals surface area (Å²) in [6, 6.07) is 2.41. The van der Waals surface area contributed by atoms with Gasteiger partial charge in [-0.1, -0.05) is 0 Å². The van der Waals surface area contributed by atoms with Gasteiger partial charge in [0.1, 0.15) is 5.82 Å². The Morgan fingerprint density at radius 2 is 2.12 bits per heavy atom. The summed E-state index contributed by atoms with van der Waals surface area (Å²) in [4.78, 5) is 11.4. The van der Waals surface area contributed by atoms with Crippen LogP contribution < -0.4 is 9.47 Å². The summed E-state index contributed by atoms with van der Waals surface area (Å²) in [5.41, 5.74) is 0.240. The quantitative estimate of drug-likeness (QED) is 0.737. The molecule has 1 aromatic rings. The number of ether oxygens (including phenoxy) is 2. The summed E-state index contributed by atoms with van der Waals surface area (Å²) in [5, 5.41) is 0. The molecule has 0 aliphatic heterocycles. The maximum atomic E-state index is 13.2. The molecule has 1 aliphatic rings.